The second kappa shape index (κ2) is 7.34. The number of imidazole rings is 1. The third-order valence-electron chi connectivity index (χ3n) is 3.81. The van der Waals surface area contributed by atoms with E-state index in [9.17, 15) is 9.18 Å². The van der Waals surface area contributed by atoms with Gasteiger partial charge in [-0.15, -0.1) is 0 Å². The summed E-state index contributed by atoms with van der Waals surface area (Å²) in [6, 6.07) is 13.5. The molecule has 0 unspecified atom stereocenters. The van der Waals surface area contributed by atoms with E-state index in [0.29, 0.717) is 12.3 Å². The fourth-order valence-electron chi connectivity index (χ4n) is 2.71. The predicted molar refractivity (Wildman–Crippen MR) is 91.9 cm³/mol. The van der Waals surface area contributed by atoms with Gasteiger partial charge in [0.2, 0.25) is 0 Å². The van der Waals surface area contributed by atoms with Gasteiger partial charge in [0, 0.05) is 6.92 Å². The molecule has 130 valence electrons. The monoisotopic (exact) mass is 342 g/mol. The maximum atomic E-state index is 13.0. The molecule has 3 aromatic rings. The van der Waals surface area contributed by atoms with Gasteiger partial charge in [0.25, 0.3) is 0 Å². The van der Waals surface area contributed by atoms with Crippen LogP contribution in [0.25, 0.3) is 11.0 Å². The minimum absolute atomic E-state index is 0.164. The topological polar surface area (TPSA) is 53.4 Å². The van der Waals surface area contributed by atoms with Crippen LogP contribution in [0.1, 0.15) is 12.7 Å². The number of carbonyl (C=O) groups is 1. The average Bonchev–Trinajstić information content (AvgIpc) is 2.89. The molecule has 0 radical (unpaired) electrons. The summed E-state index contributed by atoms with van der Waals surface area (Å²) in [7, 11) is 0. The summed E-state index contributed by atoms with van der Waals surface area (Å²) in [4.78, 5) is 15.9. The number of nitrogens with zero attached hydrogens (tertiary/aromatic N) is 2. The highest BCUT2D eigenvalue weighted by molar-refractivity contribution is 5.75. The first-order chi connectivity index (χ1) is 12.0. The summed E-state index contributed by atoms with van der Waals surface area (Å²) in [6.07, 6.45) is -0.487. The highest BCUT2D eigenvalue weighted by Gasteiger charge is 2.17. The molecule has 0 bridgehead atoms. The van der Waals surface area contributed by atoms with E-state index in [1.165, 1.54) is 31.2 Å². The van der Waals surface area contributed by atoms with Crippen molar-refractivity contribution in [3.8, 4) is 5.75 Å². The minimum atomic E-state index is -0.487. The van der Waals surface area contributed by atoms with Crippen LogP contribution in [0.15, 0.2) is 48.5 Å². The number of carbonyl (C=O) groups excluding carboxylic acids is 1. The van der Waals surface area contributed by atoms with Crippen molar-refractivity contribution in [1.29, 1.82) is 0 Å². The van der Waals surface area contributed by atoms with Gasteiger partial charge >= 0.3 is 5.97 Å². The highest BCUT2D eigenvalue weighted by Crippen LogP contribution is 2.18. The first-order valence-electron chi connectivity index (χ1n) is 8.00. The number of para-hydroxylation sites is 2. The van der Waals surface area contributed by atoms with Crippen LogP contribution in [0.5, 0.6) is 5.75 Å². The number of esters is 1. The summed E-state index contributed by atoms with van der Waals surface area (Å²) in [5.74, 6) is 0.644. The van der Waals surface area contributed by atoms with Crippen molar-refractivity contribution >= 4 is 17.0 Å². The Hall–Kier alpha value is -2.89. The molecule has 0 aliphatic rings. The van der Waals surface area contributed by atoms with Gasteiger partial charge in [0.15, 0.2) is 6.10 Å². The molecule has 1 atom stereocenters. The predicted octanol–water partition coefficient (Wildman–Crippen LogP) is 3.49. The molecule has 0 saturated carbocycles. The number of fused-ring (bicyclic) bond motifs is 1. The lowest BCUT2D eigenvalue weighted by atomic mass is 10.3. The van der Waals surface area contributed by atoms with Crippen LogP contribution in [0, 0.1) is 12.7 Å². The first kappa shape index (κ1) is 17.0. The second-order valence-electron chi connectivity index (χ2n) is 5.75. The molecular formula is C19H19FN2O3. The third-order valence-corrected chi connectivity index (χ3v) is 3.81. The highest BCUT2D eigenvalue weighted by atomic mass is 19.1. The smallest absolute Gasteiger partial charge is 0.303 e. The lowest BCUT2D eigenvalue weighted by Gasteiger charge is -2.19. The van der Waals surface area contributed by atoms with Crippen LogP contribution in [-0.4, -0.2) is 28.2 Å². The summed E-state index contributed by atoms with van der Waals surface area (Å²) in [6.45, 7) is 3.86. The van der Waals surface area contributed by atoms with Gasteiger partial charge < -0.3 is 14.0 Å². The zero-order valence-corrected chi connectivity index (χ0v) is 14.1. The number of hydrogen-bond acceptors (Lipinski definition) is 4. The van der Waals surface area contributed by atoms with E-state index in [1.807, 2.05) is 35.8 Å². The molecule has 0 saturated heterocycles. The third kappa shape index (κ3) is 4.15. The fourth-order valence-corrected chi connectivity index (χ4v) is 2.71. The van der Waals surface area contributed by atoms with Crippen molar-refractivity contribution in [2.24, 2.45) is 0 Å². The van der Waals surface area contributed by atoms with E-state index in [1.54, 1.807) is 0 Å². The van der Waals surface area contributed by atoms with Crippen molar-refractivity contribution in [3.63, 3.8) is 0 Å². The van der Waals surface area contributed by atoms with E-state index in [0.717, 1.165) is 16.9 Å². The summed E-state index contributed by atoms with van der Waals surface area (Å²) in [5, 5.41) is 0. The summed E-state index contributed by atoms with van der Waals surface area (Å²) >= 11 is 0. The second-order valence-corrected chi connectivity index (χ2v) is 5.75. The van der Waals surface area contributed by atoms with Gasteiger partial charge in [-0.3, -0.25) is 4.79 Å². The van der Waals surface area contributed by atoms with Gasteiger partial charge in [-0.05, 0) is 43.3 Å². The zero-order valence-electron chi connectivity index (χ0n) is 14.1. The molecule has 2 aromatic carbocycles. The molecule has 3 rings (SSSR count). The molecule has 25 heavy (non-hydrogen) atoms. The van der Waals surface area contributed by atoms with Gasteiger partial charge in [-0.25, -0.2) is 9.37 Å². The molecule has 0 aliphatic heterocycles. The molecule has 6 heteroatoms. The van der Waals surface area contributed by atoms with Crippen LogP contribution in [0.2, 0.25) is 0 Å². The fraction of sp³-hybridized carbons (Fsp3) is 0.263. The van der Waals surface area contributed by atoms with Crippen molar-refractivity contribution in [3.05, 3.63) is 60.2 Å². The SMILES string of the molecule is CC(=O)O[C@H](COc1ccc(F)cc1)Cn1c(C)nc2ccccc21. The summed E-state index contributed by atoms with van der Waals surface area (Å²) in [5.41, 5.74) is 1.86. The van der Waals surface area contributed by atoms with Gasteiger partial charge in [-0.2, -0.15) is 0 Å². The molecule has 1 aromatic heterocycles. The molecule has 0 aliphatic carbocycles. The van der Waals surface area contributed by atoms with Crippen LogP contribution >= 0.6 is 0 Å². The van der Waals surface area contributed by atoms with Crippen molar-refractivity contribution in [2.75, 3.05) is 6.61 Å². The largest absolute Gasteiger partial charge is 0.490 e. The Morgan fingerprint density at radius 3 is 2.64 bits per heavy atom. The Morgan fingerprint density at radius 2 is 1.92 bits per heavy atom. The maximum absolute atomic E-state index is 13.0. The van der Waals surface area contributed by atoms with Crippen LogP contribution in [0.4, 0.5) is 4.39 Å². The van der Waals surface area contributed by atoms with E-state index < -0.39 is 6.10 Å². The van der Waals surface area contributed by atoms with E-state index in [-0.39, 0.29) is 18.4 Å². The van der Waals surface area contributed by atoms with Gasteiger partial charge in [0.05, 0.1) is 17.6 Å². The normalized spacial score (nSPS) is 12.1. The molecule has 0 spiro atoms. The van der Waals surface area contributed by atoms with Crippen molar-refractivity contribution < 1.29 is 18.7 Å². The molecule has 5 nitrogen and oxygen atoms in total. The van der Waals surface area contributed by atoms with Crippen molar-refractivity contribution in [1.82, 2.24) is 9.55 Å². The average molecular weight is 342 g/mol. The van der Waals surface area contributed by atoms with E-state index in [4.69, 9.17) is 9.47 Å². The number of aryl methyl sites for hydroxylation is 1. The Kier molecular flexibility index (Phi) is 4.97. The Morgan fingerprint density at radius 1 is 1.20 bits per heavy atom. The van der Waals surface area contributed by atoms with E-state index >= 15 is 0 Å². The number of halogens is 1. The maximum Gasteiger partial charge on any atom is 0.303 e. The first-order valence-corrected chi connectivity index (χ1v) is 8.00. The number of hydrogen-bond donors (Lipinski definition) is 0. The molecule has 0 N–H and O–H groups in total. The number of benzene rings is 2. The number of rotatable bonds is 6. The minimum Gasteiger partial charge on any atom is -0.490 e. The van der Waals surface area contributed by atoms with Gasteiger partial charge in [-0.1, -0.05) is 12.1 Å². The zero-order chi connectivity index (χ0) is 17.8. The van der Waals surface area contributed by atoms with Gasteiger partial charge in [0.1, 0.15) is 24.0 Å². The van der Waals surface area contributed by atoms with E-state index in [2.05, 4.69) is 4.98 Å². The van der Waals surface area contributed by atoms with Crippen molar-refractivity contribution in [2.45, 2.75) is 26.5 Å². The Bertz CT molecular complexity index is 874. The van der Waals surface area contributed by atoms with Crippen LogP contribution < -0.4 is 4.74 Å². The lowest BCUT2D eigenvalue weighted by molar-refractivity contribution is -0.148. The number of ether oxygens (including phenoxy) is 2. The Labute approximate surface area is 145 Å². The lowest BCUT2D eigenvalue weighted by Crippen LogP contribution is -2.29. The van der Waals surface area contributed by atoms with Crippen LogP contribution in [0.3, 0.4) is 0 Å². The molecule has 0 amide bonds. The molecule has 1 heterocycles. The van der Waals surface area contributed by atoms with Crippen LogP contribution in [-0.2, 0) is 16.1 Å². The standard InChI is InChI=1S/C19H19FN2O3/c1-13-21-18-5-3-4-6-19(18)22(13)11-17(25-14(2)23)12-24-16-9-7-15(20)8-10-16/h3-10,17H,11-12H2,1-2H3/t17-/m0/s1. The molecular weight excluding hydrogens is 323 g/mol. The number of aromatic nitrogens is 2. The molecule has 0 fully saturated rings. The quantitative estimate of drug-likeness (QED) is 0.644. The summed E-state index contributed by atoms with van der Waals surface area (Å²) < 4.78 is 26.0. The Balaban J connectivity index is 1.77.